The second-order valence-electron chi connectivity index (χ2n) is 7.30. The van der Waals surface area contributed by atoms with Gasteiger partial charge in [0, 0.05) is 12.6 Å². The van der Waals surface area contributed by atoms with Gasteiger partial charge in [-0.25, -0.2) is 0 Å². The lowest BCUT2D eigenvalue weighted by Gasteiger charge is -2.29. The van der Waals surface area contributed by atoms with Gasteiger partial charge in [0.2, 0.25) is 0 Å². The molecule has 1 aromatic rings. The summed E-state index contributed by atoms with van der Waals surface area (Å²) in [4.78, 5) is 2.26. The predicted octanol–water partition coefficient (Wildman–Crippen LogP) is 5.78. The molecular formula is C23H36N2. The van der Waals surface area contributed by atoms with E-state index >= 15 is 0 Å². The molecule has 2 atom stereocenters. The van der Waals surface area contributed by atoms with Crippen LogP contribution in [0.25, 0.3) is 0 Å². The highest BCUT2D eigenvalue weighted by Gasteiger charge is 2.17. The quantitative estimate of drug-likeness (QED) is 0.547. The molecule has 1 aromatic carbocycles. The Labute approximate surface area is 155 Å². The number of nitrogens with zero attached hydrogens (tertiary/aromatic N) is 1. The normalized spacial score (nSPS) is 15.8. The molecule has 2 N–H and O–H groups in total. The van der Waals surface area contributed by atoms with Crippen molar-refractivity contribution in [3.63, 3.8) is 0 Å². The second kappa shape index (κ2) is 10.2. The number of likely N-dealkylation sites (N-methyl/N-ethyl adjacent to an activating group) is 1. The Bertz CT molecular complexity index is 579. The molecule has 25 heavy (non-hydrogen) atoms. The largest absolute Gasteiger partial charge is 0.370 e. The molecule has 0 saturated carbocycles. The third kappa shape index (κ3) is 6.91. The molecule has 0 heterocycles. The Morgan fingerprint density at radius 2 is 1.92 bits per heavy atom. The molecule has 0 fully saturated rings. The predicted molar refractivity (Wildman–Crippen MR) is 112 cm³/mol. The van der Waals surface area contributed by atoms with Gasteiger partial charge in [0.1, 0.15) is 0 Å². The Hall–Kier alpha value is -1.80. The van der Waals surface area contributed by atoms with Crippen molar-refractivity contribution in [1.29, 1.82) is 0 Å². The van der Waals surface area contributed by atoms with Crippen LogP contribution in [0.15, 0.2) is 60.8 Å². The molecule has 1 unspecified atom stereocenters. The van der Waals surface area contributed by atoms with E-state index in [4.69, 9.17) is 5.73 Å². The van der Waals surface area contributed by atoms with Crippen LogP contribution in [0.4, 0.5) is 0 Å². The van der Waals surface area contributed by atoms with Gasteiger partial charge in [0.15, 0.2) is 0 Å². The number of rotatable bonds is 10. The van der Waals surface area contributed by atoms with Gasteiger partial charge in [-0.15, -0.1) is 0 Å². The minimum absolute atomic E-state index is 0.138. The van der Waals surface area contributed by atoms with Crippen LogP contribution < -0.4 is 5.73 Å². The Kier molecular flexibility index (Phi) is 8.71. The van der Waals surface area contributed by atoms with Gasteiger partial charge in [0.25, 0.3) is 0 Å². The highest BCUT2D eigenvalue weighted by Crippen LogP contribution is 2.28. The lowest BCUT2D eigenvalue weighted by atomic mass is 9.95. The first-order valence-electron chi connectivity index (χ1n) is 9.40. The van der Waals surface area contributed by atoms with Gasteiger partial charge in [-0.3, -0.25) is 0 Å². The summed E-state index contributed by atoms with van der Waals surface area (Å²) in [7, 11) is 2.13. The van der Waals surface area contributed by atoms with Crippen molar-refractivity contribution in [2.24, 2.45) is 5.73 Å². The Balaban J connectivity index is 3.02. The molecule has 0 amide bonds. The molecular weight excluding hydrogens is 304 g/mol. The van der Waals surface area contributed by atoms with E-state index in [2.05, 4.69) is 88.8 Å². The first-order valence-corrected chi connectivity index (χ1v) is 9.40. The van der Waals surface area contributed by atoms with E-state index in [-0.39, 0.29) is 11.6 Å². The van der Waals surface area contributed by atoms with Crippen molar-refractivity contribution in [3.05, 3.63) is 72.0 Å². The van der Waals surface area contributed by atoms with Gasteiger partial charge in [0.05, 0.1) is 6.04 Å². The summed E-state index contributed by atoms with van der Waals surface area (Å²) >= 11 is 0. The lowest BCUT2D eigenvalue weighted by Crippen LogP contribution is -2.34. The summed E-state index contributed by atoms with van der Waals surface area (Å²) in [6.07, 6.45) is 12.5. The van der Waals surface area contributed by atoms with Crippen LogP contribution in [-0.4, -0.2) is 17.5 Å². The van der Waals surface area contributed by atoms with Crippen molar-refractivity contribution < 1.29 is 0 Å². The number of benzene rings is 1. The smallest absolute Gasteiger partial charge is 0.0747 e. The zero-order valence-electron chi connectivity index (χ0n) is 16.8. The Morgan fingerprint density at radius 3 is 2.44 bits per heavy atom. The topological polar surface area (TPSA) is 29.3 Å². The van der Waals surface area contributed by atoms with E-state index in [1.165, 1.54) is 23.1 Å². The number of hydrogen-bond donors (Lipinski definition) is 1. The van der Waals surface area contributed by atoms with Crippen molar-refractivity contribution in [2.45, 2.75) is 65.0 Å². The zero-order valence-corrected chi connectivity index (χ0v) is 16.8. The van der Waals surface area contributed by atoms with Crippen molar-refractivity contribution in [2.75, 3.05) is 7.05 Å². The van der Waals surface area contributed by atoms with Crippen molar-refractivity contribution in [1.82, 2.24) is 4.90 Å². The average molecular weight is 341 g/mol. The third-order valence-corrected chi connectivity index (χ3v) is 4.79. The van der Waals surface area contributed by atoms with E-state index < -0.39 is 0 Å². The molecule has 0 radical (unpaired) electrons. The van der Waals surface area contributed by atoms with E-state index in [1.807, 2.05) is 6.08 Å². The van der Waals surface area contributed by atoms with E-state index in [0.29, 0.717) is 0 Å². The molecule has 1 rings (SSSR count). The molecule has 0 aliphatic rings. The number of hydrogen-bond acceptors (Lipinski definition) is 2. The molecule has 0 bridgehead atoms. The van der Waals surface area contributed by atoms with Crippen LogP contribution >= 0.6 is 0 Å². The highest BCUT2D eigenvalue weighted by atomic mass is 15.1. The fourth-order valence-electron chi connectivity index (χ4n) is 2.97. The van der Waals surface area contributed by atoms with Crippen LogP contribution in [0.2, 0.25) is 0 Å². The summed E-state index contributed by atoms with van der Waals surface area (Å²) in [5.41, 5.74) is 10.1. The summed E-state index contributed by atoms with van der Waals surface area (Å²) in [5.74, 6) is 0. The molecule has 0 aromatic heterocycles. The van der Waals surface area contributed by atoms with Gasteiger partial charge in [-0.1, -0.05) is 69.3 Å². The van der Waals surface area contributed by atoms with Gasteiger partial charge in [-0.05, 0) is 56.0 Å². The minimum atomic E-state index is -0.138. The molecule has 2 heteroatoms. The summed E-state index contributed by atoms with van der Waals surface area (Å²) < 4.78 is 0. The molecule has 2 nitrogen and oxygen atoms in total. The Morgan fingerprint density at radius 1 is 1.28 bits per heavy atom. The van der Waals surface area contributed by atoms with Crippen LogP contribution in [0.1, 0.15) is 64.1 Å². The van der Waals surface area contributed by atoms with Crippen LogP contribution in [-0.2, 0) is 6.42 Å². The zero-order chi connectivity index (χ0) is 18.9. The maximum atomic E-state index is 6.25. The van der Waals surface area contributed by atoms with Crippen molar-refractivity contribution in [3.8, 4) is 0 Å². The fraction of sp³-hybridized carbons (Fsp3) is 0.478. The van der Waals surface area contributed by atoms with Gasteiger partial charge < -0.3 is 10.6 Å². The standard InChI is InChI=1S/C23H36N2/c1-7-11-19(4)22(21-15-13-20(12-8-2)14-16-21)25(6)18-10-17-23(5,24)9-3/h7,10-11,13-16,18,22H,1,8-9,12,17,24H2,2-6H3/b18-10-,19-11+/t22?,23-/m0/s1. The first-order chi connectivity index (χ1) is 11.8. The van der Waals surface area contributed by atoms with E-state index in [0.717, 1.165) is 19.3 Å². The SMILES string of the molecule is C=C/C=C(\C)C(c1ccc(CCC)cc1)N(C)/C=C\C[C@@](C)(N)CC. The number of allylic oxidation sites excluding steroid dienone is 2. The molecule has 0 spiro atoms. The van der Waals surface area contributed by atoms with Gasteiger partial charge in [-0.2, -0.15) is 0 Å². The number of aryl methyl sites for hydroxylation is 1. The molecule has 0 saturated heterocycles. The maximum Gasteiger partial charge on any atom is 0.0747 e. The van der Waals surface area contributed by atoms with E-state index in [9.17, 15) is 0 Å². The van der Waals surface area contributed by atoms with Gasteiger partial charge >= 0.3 is 0 Å². The fourth-order valence-corrected chi connectivity index (χ4v) is 2.97. The second-order valence-corrected chi connectivity index (χ2v) is 7.30. The summed E-state index contributed by atoms with van der Waals surface area (Å²) in [6.45, 7) is 12.5. The average Bonchev–Trinajstić information content (AvgIpc) is 2.57. The number of nitrogens with two attached hydrogens (primary N) is 1. The monoisotopic (exact) mass is 340 g/mol. The summed E-state index contributed by atoms with van der Waals surface area (Å²) in [5, 5.41) is 0. The molecule has 0 aliphatic heterocycles. The lowest BCUT2D eigenvalue weighted by molar-refractivity contribution is 0.373. The van der Waals surface area contributed by atoms with Crippen LogP contribution in [0.5, 0.6) is 0 Å². The maximum absolute atomic E-state index is 6.25. The first kappa shape index (κ1) is 21.2. The summed E-state index contributed by atoms with van der Waals surface area (Å²) in [6, 6.07) is 9.20. The molecule has 138 valence electrons. The van der Waals surface area contributed by atoms with Crippen LogP contribution in [0, 0.1) is 0 Å². The van der Waals surface area contributed by atoms with E-state index in [1.54, 1.807) is 0 Å². The third-order valence-electron chi connectivity index (χ3n) is 4.79. The van der Waals surface area contributed by atoms with Crippen LogP contribution in [0.3, 0.4) is 0 Å². The van der Waals surface area contributed by atoms with Crippen molar-refractivity contribution >= 4 is 0 Å². The highest BCUT2D eigenvalue weighted by molar-refractivity contribution is 5.32. The molecule has 0 aliphatic carbocycles. The minimum Gasteiger partial charge on any atom is -0.370 e.